The van der Waals surface area contributed by atoms with Crippen molar-refractivity contribution in [2.24, 2.45) is 17.3 Å². The maximum absolute atomic E-state index is 12.7. The Kier molecular flexibility index (Phi) is 7.17. The number of anilines is 1. The van der Waals surface area contributed by atoms with Crippen LogP contribution in [0.15, 0.2) is 42.6 Å². The molecule has 1 aromatic heterocycles. The Morgan fingerprint density at radius 2 is 1.82 bits per heavy atom. The molecule has 33 heavy (non-hydrogen) atoms. The number of aromatic nitrogens is 1. The normalized spacial score (nSPS) is 19.6. The van der Waals surface area contributed by atoms with Gasteiger partial charge in [0.2, 0.25) is 5.91 Å². The van der Waals surface area contributed by atoms with Gasteiger partial charge in [-0.05, 0) is 48.6 Å². The first kappa shape index (κ1) is 24.4. The third kappa shape index (κ3) is 5.39. The molecule has 3 atom stereocenters. The number of ketones is 1. The minimum absolute atomic E-state index is 0.0387. The number of hydrogen-bond acceptors (Lipinski definition) is 5. The number of carbonyl (C=O) groups excluding carboxylic acids is 3. The van der Waals surface area contributed by atoms with Crippen molar-refractivity contribution in [3.8, 4) is 0 Å². The van der Waals surface area contributed by atoms with E-state index in [4.69, 9.17) is 11.6 Å². The topological polar surface area (TPSA) is 125 Å². The molecule has 0 unspecified atom stereocenters. The molecule has 2 amide bonds. The van der Waals surface area contributed by atoms with E-state index in [1.165, 1.54) is 13.1 Å². The summed E-state index contributed by atoms with van der Waals surface area (Å²) in [7, 11) is 0. The number of amides is 2. The van der Waals surface area contributed by atoms with Gasteiger partial charge in [-0.15, -0.1) is 0 Å². The summed E-state index contributed by atoms with van der Waals surface area (Å²) in [5.41, 5.74) is 0.916. The average molecular weight is 472 g/mol. The molecule has 174 valence electrons. The van der Waals surface area contributed by atoms with Gasteiger partial charge in [-0.25, -0.2) is 9.78 Å². The van der Waals surface area contributed by atoms with E-state index < -0.39 is 29.3 Å². The van der Waals surface area contributed by atoms with E-state index in [1.54, 1.807) is 36.4 Å². The van der Waals surface area contributed by atoms with Crippen molar-refractivity contribution in [2.45, 2.75) is 39.7 Å². The molecule has 2 aromatic rings. The largest absolute Gasteiger partial charge is 0.480 e. The van der Waals surface area contributed by atoms with E-state index in [0.29, 0.717) is 17.7 Å². The lowest BCUT2D eigenvalue weighted by atomic mass is 9.53. The summed E-state index contributed by atoms with van der Waals surface area (Å²) >= 11 is 5.94. The molecule has 1 heterocycles. The molecule has 1 aliphatic carbocycles. The summed E-state index contributed by atoms with van der Waals surface area (Å²) in [5, 5.41) is 15.0. The molecule has 8 nitrogen and oxygen atoms in total. The van der Waals surface area contributed by atoms with Crippen LogP contribution in [0.1, 0.15) is 43.1 Å². The first-order chi connectivity index (χ1) is 15.5. The van der Waals surface area contributed by atoms with Crippen LogP contribution in [0.3, 0.4) is 0 Å². The number of carboxylic acid groups (broad SMARTS) is 1. The van der Waals surface area contributed by atoms with Crippen LogP contribution < -0.4 is 10.6 Å². The molecule has 9 heteroatoms. The average Bonchev–Trinajstić information content (AvgIpc) is 2.73. The van der Waals surface area contributed by atoms with Crippen LogP contribution in [0.2, 0.25) is 5.15 Å². The molecule has 0 spiro atoms. The third-order valence-corrected chi connectivity index (χ3v) is 6.65. The maximum atomic E-state index is 12.7. The van der Waals surface area contributed by atoms with Gasteiger partial charge < -0.3 is 15.7 Å². The Morgan fingerprint density at radius 3 is 2.36 bits per heavy atom. The fourth-order valence-corrected chi connectivity index (χ4v) is 4.45. The minimum atomic E-state index is -1.15. The van der Waals surface area contributed by atoms with E-state index in [9.17, 15) is 24.3 Å². The molecule has 0 radical (unpaired) electrons. The van der Waals surface area contributed by atoms with Crippen LogP contribution in [0.25, 0.3) is 0 Å². The zero-order valence-corrected chi connectivity index (χ0v) is 19.3. The van der Waals surface area contributed by atoms with Gasteiger partial charge in [-0.3, -0.25) is 14.4 Å². The van der Waals surface area contributed by atoms with Gasteiger partial charge in [-0.1, -0.05) is 37.6 Å². The van der Waals surface area contributed by atoms with Crippen molar-refractivity contribution >= 4 is 40.9 Å². The number of carbonyl (C=O) groups is 4. The molecule has 3 rings (SSSR count). The Balaban J connectivity index is 1.62. The van der Waals surface area contributed by atoms with Crippen molar-refractivity contribution in [3.63, 3.8) is 0 Å². The van der Waals surface area contributed by atoms with E-state index in [2.05, 4.69) is 15.6 Å². The molecular weight excluding hydrogens is 446 g/mol. The van der Waals surface area contributed by atoms with Crippen LogP contribution in [-0.4, -0.2) is 39.7 Å². The van der Waals surface area contributed by atoms with E-state index >= 15 is 0 Å². The van der Waals surface area contributed by atoms with Gasteiger partial charge in [0, 0.05) is 30.1 Å². The summed E-state index contributed by atoms with van der Waals surface area (Å²) in [5.74, 6) is -2.49. The third-order valence-electron chi connectivity index (χ3n) is 6.34. The number of Topliss-reactive ketones (excluding diaryl/α,β-unsaturated/α-hetero) is 1. The highest BCUT2D eigenvalue weighted by Gasteiger charge is 2.53. The lowest BCUT2D eigenvalue weighted by molar-refractivity contribution is -0.152. The maximum Gasteiger partial charge on any atom is 0.326 e. The second-order valence-corrected chi connectivity index (χ2v) is 9.23. The van der Waals surface area contributed by atoms with Gasteiger partial charge in [0.05, 0.1) is 5.56 Å². The summed E-state index contributed by atoms with van der Waals surface area (Å²) in [6, 6.07) is 8.70. The van der Waals surface area contributed by atoms with Crippen molar-refractivity contribution in [2.75, 3.05) is 5.32 Å². The van der Waals surface area contributed by atoms with E-state index in [-0.39, 0.29) is 34.7 Å². The number of benzene rings is 1. The van der Waals surface area contributed by atoms with Gasteiger partial charge >= 0.3 is 5.97 Å². The lowest BCUT2D eigenvalue weighted by Gasteiger charge is -2.50. The smallest absolute Gasteiger partial charge is 0.326 e. The van der Waals surface area contributed by atoms with Crippen molar-refractivity contribution in [3.05, 3.63) is 58.9 Å². The van der Waals surface area contributed by atoms with Gasteiger partial charge in [-0.2, -0.15) is 0 Å². The number of hydrogen-bond donors (Lipinski definition) is 3. The van der Waals surface area contributed by atoms with Gasteiger partial charge in [0.1, 0.15) is 17.0 Å². The lowest BCUT2D eigenvalue weighted by Crippen LogP contribution is -2.57. The number of pyridine rings is 1. The van der Waals surface area contributed by atoms with E-state index in [1.807, 2.05) is 13.8 Å². The summed E-state index contributed by atoms with van der Waals surface area (Å²) < 4.78 is 0. The van der Waals surface area contributed by atoms with Gasteiger partial charge in [0.15, 0.2) is 0 Å². The van der Waals surface area contributed by atoms with Crippen LogP contribution >= 0.6 is 11.6 Å². The summed E-state index contributed by atoms with van der Waals surface area (Å²) in [4.78, 5) is 52.4. The molecule has 0 aliphatic heterocycles. The zero-order valence-electron chi connectivity index (χ0n) is 18.6. The Bertz CT molecular complexity index is 1080. The van der Waals surface area contributed by atoms with Crippen LogP contribution in [-0.2, 0) is 20.8 Å². The highest BCUT2D eigenvalue weighted by molar-refractivity contribution is 6.33. The molecular formula is C24H26ClN3O5. The monoisotopic (exact) mass is 471 g/mol. The predicted molar refractivity (Wildman–Crippen MR) is 123 cm³/mol. The Morgan fingerprint density at radius 1 is 1.15 bits per heavy atom. The fraction of sp³-hybridized carbons (Fsp3) is 0.375. The van der Waals surface area contributed by atoms with Crippen molar-refractivity contribution in [1.29, 1.82) is 0 Å². The summed E-state index contributed by atoms with van der Waals surface area (Å²) in [6.45, 7) is 5.22. The van der Waals surface area contributed by atoms with Crippen LogP contribution in [0, 0.1) is 17.3 Å². The van der Waals surface area contributed by atoms with E-state index in [0.717, 1.165) is 0 Å². The fourth-order valence-electron chi connectivity index (χ4n) is 4.25. The van der Waals surface area contributed by atoms with Crippen LogP contribution in [0.4, 0.5) is 5.69 Å². The molecule has 0 saturated heterocycles. The Hall–Kier alpha value is -3.26. The number of carboxylic acids is 1. The molecule has 1 aromatic carbocycles. The van der Waals surface area contributed by atoms with Crippen molar-refractivity contribution in [1.82, 2.24) is 10.3 Å². The molecule has 0 bridgehead atoms. The standard InChI is InChI=1S/C24H26ClN3O5/c1-13(29)17-12-18(24(17,2)3)22(31)28-19(23(32)33)11-14-6-8-15(9-7-14)27-21(30)16-5-4-10-26-20(16)25/h4-10,17-19H,11-12H2,1-3H3,(H,27,30)(H,28,31)(H,32,33)/t17-,18+,19-/m0/s1. The highest BCUT2D eigenvalue weighted by Crippen LogP contribution is 2.51. The predicted octanol–water partition coefficient (Wildman–Crippen LogP) is 3.35. The molecule has 1 saturated carbocycles. The van der Waals surface area contributed by atoms with Gasteiger partial charge in [0.25, 0.3) is 5.91 Å². The minimum Gasteiger partial charge on any atom is -0.480 e. The number of rotatable bonds is 8. The highest BCUT2D eigenvalue weighted by atomic mass is 35.5. The number of nitrogens with zero attached hydrogens (tertiary/aromatic N) is 1. The first-order valence-electron chi connectivity index (χ1n) is 10.5. The molecule has 1 fully saturated rings. The molecule has 1 aliphatic rings. The second-order valence-electron chi connectivity index (χ2n) is 8.87. The van der Waals surface area contributed by atoms with Crippen molar-refractivity contribution < 1.29 is 24.3 Å². The second kappa shape index (κ2) is 9.70. The SMILES string of the molecule is CC(=O)[C@@H]1C[C@H](C(=O)N[C@@H](Cc2ccc(NC(=O)c3cccnc3Cl)cc2)C(=O)O)C1(C)C. The first-order valence-corrected chi connectivity index (χ1v) is 10.9. The molecule has 3 N–H and O–H groups in total. The number of aliphatic carboxylic acids is 1. The Labute approximate surface area is 196 Å². The number of halogens is 1. The zero-order chi connectivity index (χ0) is 24.3. The number of nitrogens with one attached hydrogen (secondary N) is 2. The van der Waals surface area contributed by atoms with Crippen LogP contribution in [0.5, 0.6) is 0 Å². The summed E-state index contributed by atoms with van der Waals surface area (Å²) in [6.07, 6.45) is 1.99. The quantitative estimate of drug-likeness (QED) is 0.507.